The molecule has 2 N–H and O–H groups in total. The Kier molecular flexibility index (Phi) is 5.66. The quantitative estimate of drug-likeness (QED) is 0.860. The van der Waals surface area contributed by atoms with Crippen LogP contribution in [-0.2, 0) is 9.59 Å². The largest absolute Gasteiger partial charge is 0.350 e. The van der Waals surface area contributed by atoms with Crippen LogP contribution in [0, 0.1) is 0 Å². The van der Waals surface area contributed by atoms with Crippen LogP contribution >= 0.6 is 11.3 Å². The van der Waals surface area contributed by atoms with Crippen molar-refractivity contribution >= 4 is 23.2 Å². The number of carbonyl (C=O) groups excluding carboxylic acids is 2. The minimum Gasteiger partial charge on any atom is -0.350 e. The predicted octanol–water partition coefficient (Wildman–Crippen LogP) is 2.59. The van der Waals surface area contributed by atoms with Crippen molar-refractivity contribution in [2.24, 2.45) is 0 Å². The van der Waals surface area contributed by atoms with Gasteiger partial charge in [-0.25, -0.2) is 0 Å². The van der Waals surface area contributed by atoms with Crippen LogP contribution in [-0.4, -0.2) is 16.8 Å². The third kappa shape index (κ3) is 4.66. The molecular weight excluding hydrogens is 298 g/mol. The lowest BCUT2D eigenvalue weighted by Crippen LogP contribution is -2.33. The molecule has 2 aromatic heterocycles. The second kappa shape index (κ2) is 7.70. The van der Waals surface area contributed by atoms with Crippen molar-refractivity contribution in [1.29, 1.82) is 0 Å². The lowest BCUT2D eigenvalue weighted by molar-refractivity contribution is -0.123. The van der Waals surface area contributed by atoms with Gasteiger partial charge in [0, 0.05) is 24.2 Å². The smallest absolute Gasteiger partial charge is 0.222 e. The second-order valence-corrected chi connectivity index (χ2v) is 6.02. The van der Waals surface area contributed by atoms with E-state index < -0.39 is 0 Å². The number of rotatable bonds is 6. The maximum Gasteiger partial charge on any atom is 0.222 e. The van der Waals surface area contributed by atoms with Gasteiger partial charge in [0.2, 0.25) is 11.8 Å². The molecule has 0 radical (unpaired) electrons. The van der Waals surface area contributed by atoms with Gasteiger partial charge >= 0.3 is 0 Å². The monoisotopic (exact) mass is 317 g/mol. The van der Waals surface area contributed by atoms with Crippen molar-refractivity contribution < 1.29 is 9.59 Å². The topological polar surface area (TPSA) is 71.1 Å². The van der Waals surface area contributed by atoms with E-state index in [1.807, 2.05) is 36.6 Å². The van der Waals surface area contributed by atoms with Crippen LogP contribution in [0.4, 0.5) is 0 Å². The number of hydrogen-bond donors (Lipinski definition) is 2. The summed E-state index contributed by atoms with van der Waals surface area (Å²) in [5.74, 6) is -0.246. The number of amides is 2. The Morgan fingerprint density at radius 1 is 1.23 bits per heavy atom. The Morgan fingerprint density at radius 2 is 1.95 bits per heavy atom. The lowest BCUT2D eigenvalue weighted by Gasteiger charge is -2.19. The van der Waals surface area contributed by atoms with Crippen molar-refractivity contribution in [2.75, 3.05) is 0 Å². The van der Waals surface area contributed by atoms with Crippen molar-refractivity contribution in [3.8, 4) is 0 Å². The zero-order chi connectivity index (χ0) is 15.9. The highest BCUT2D eigenvalue weighted by atomic mass is 32.1. The fourth-order valence-corrected chi connectivity index (χ4v) is 2.96. The summed E-state index contributed by atoms with van der Waals surface area (Å²) >= 11 is 1.53. The first-order valence-corrected chi connectivity index (χ1v) is 7.94. The van der Waals surface area contributed by atoms with E-state index in [4.69, 9.17) is 0 Å². The molecule has 2 aromatic rings. The number of thiophene rings is 1. The molecule has 0 fully saturated rings. The van der Waals surface area contributed by atoms with Gasteiger partial charge in [-0.05, 0) is 36.1 Å². The molecule has 5 nitrogen and oxygen atoms in total. The molecule has 2 amide bonds. The summed E-state index contributed by atoms with van der Waals surface area (Å²) in [6, 6.07) is 7.18. The van der Waals surface area contributed by atoms with Crippen LogP contribution in [0.3, 0.4) is 0 Å². The van der Waals surface area contributed by atoms with Crippen LogP contribution in [0.15, 0.2) is 42.0 Å². The van der Waals surface area contributed by atoms with E-state index in [1.54, 1.807) is 12.4 Å². The highest BCUT2D eigenvalue weighted by molar-refractivity contribution is 7.10. The van der Waals surface area contributed by atoms with Gasteiger partial charge in [-0.3, -0.25) is 14.6 Å². The van der Waals surface area contributed by atoms with E-state index in [9.17, 15) is 9.59 Å². The van der Waals surface area contributed by atoms with Crippen molar-refractivity contribution in [3.63, 3.8) is 0 Å². The fourth-order valence-electron chi connectivity index (χ4n) is 2.18. The molecule has 22 heavy (non-hydrogen) atoms. The molecule has 6 heteroatoms. The standard InChI is InChI=1S/C16H19N3O2S/c1-11(13-5-7-17-8-6-13)18-16(21)10-14(19-12(2)20)15-4-3-9-22-15/h3-9,11,14H,10H2,1-2H3,(H,18,21)(H,19,20)/t11-,14-/m1/s1. The van der Waals surface area contributed by atoms with Gasteiger partial charge in [0.25, 0.3) is 0 Å². The van der Waals surface area contributed by atoms with Crippen LogP contribution in [0.25, 0.3) is 0 Å². The molecule has 2 atom stereocenters. The molecule has 0 spiro atoms. The molecule has 0 aromatic carbocycles. The summed E-state index contributed by atoms with van der Waals surface area (Å²) in [5, 5.41) is 7.71. The van der Waals surface area contributed by atoms with Crippen molar-refractivity contribution in [1.82, 2.24) is 15.6 Å². The first-order chi connectivity index (χ1) is 10.6. The summed E-state index contributed by atoms with van der Waals surface area (Å²) in [5.41, 5.74) is 0.996. The Labute approximate surface area is 133 Å². The van der Waals surface area contributed by atoms with Crippen molar-refractivity contribution in [3.05, 3.63) is 52.5 Å². The Bertz CT molecular complexity index is 614. The molecule has 0 unspecified atom stereocenters. The predicted molar refractivity (Wildman–Crippen MR) is 86.3 cm³/mol. The zero-order valence-corrected chi connectivity index (χ0v) is 13.4. The summed E-state index contributed by atoms with van der Waals surface area (Å²) < 4.78 is 0. The molecule has 0 aliphatic carbocycles. The molecule has 0 bridgehead atoms. The van der Waals surface area contributed by atoms with Gasteiger partial charge in [0.15, 0.2) is 0 Å². The molecule has 0 aliphatic heterocycles. The molecule has 2 rings (SSSR count). The highest BCUT2D eigenvalue weighted by Gasteiger charge is 2.19. The number of pyridine rings is 1. The number of carbonyl (C=O) groups is 2. The van der Waals surface area contributed by atoms with Gasteiger partial charge in [-0.2, -0.15) is 0 Å². The number of aromatic nitrogens is 1. The number of hydrogen-bond acceptors (Lipinski definition) is 4. The zero-order valence-electron chi connectivity index (χ0n) is 12.6. The van der Waals surface area contributed by atoms with Gasteiger partial charge in [-0.15, -0.1) is 11.3 Å². The molecule has 0 saturated carbocycles. The van der Waals surface area contributed by atoms with Crippen LogP contribution in [0.5, 0.6) is 0 Å². The maximum absolute atomic E-state index is 12.2. The van der Waals surface area contributed by atoms with E-state index in [0.29, 0.717) is 0 Å². The lowest BCUT2D eigenvalue weighted by atomic mass is 10.1. The third-order valence-corrected chi connectivity index (χ3v) is 4.22. The Morgan fingerprint density at radius 3 is 2.55 bits per heavy atom. The van der Waals surface area contributed by atoms with Crippen LogP contribution in [0.1, 0.15) is 42.8 Å². The first-order valence-electron chi connectivity index (χ1n) is 7.06. The summed E-state index contributed by atoms with van der Waals surface area (Å²) in [4.78, 5) is 28.5. The van der Waals surface area contributed by atoms with Crippen LogP contribution in [0.2, 0.25) is 0 Å². The summed E-state index contributed by atoms with van der Waals surface area (Å²) in [7, 11) is 0. The summed E-state index contributed by atoms with van der Waals surface area (Å²) in [6.07, 6.45) is 3.61. The molecule has 0 saturated heterocycles. The Balaban J connectivity index is 1.98. The molecule has 0 aliphatic rings. The van der Waals surface area contributed by atoms with E-state index >= 15 is 0 Å². The van der Waals surface area contributed by atoms with Gasteiger partial charge in [0.1, 0.15) is 0 Å². The van der Waals surface area contributed by atoms with Gasteiger partial charge in [-0.1, -0.05) is 6.07 Å². The van der Waals surface area contributed by atoms with Crippen molar-refractivity contribution in [2.45, 2.75) is 32.4 Å². The van der Waals surface area contributed by atoms with Crippen LogP contribution < -0.4 is 10.6 Å². The van der Waals surface area contributed by atoms with E-state index in [1.165, 1.54) is 18.3 Å². The fraction of sp³-hybridized carbons (Fsp3) is 0.312. The highest BCUT2D eigenvalue weighted by Crippen LogP contribution is 2.22. The normalized spacial score (nSPS) is 13.2. The molecular formula is C16H19N3O2S. The van der Waals surface area contributed by atoms with Gasteiger partial charge in [0.05, 0.1) is 18.5 Å². The Hall–Kier alpha value is -2.21. The third-order valence-electron chi connectivity index (χ3n) is 3.24. The SMILES string of the molecule is CC(=O)N[C@H](CC(=O)N[C@H](C)c1ccncc1)c1cccs1. The maximum atomic E-state index is 12.2. The molecule has 116 valence electrons. The van der Waals surface area contributed by atoms with E-state index in [-0.39, 0.29) is 30.3 Å². The average Bonchev–Trinajstić information content (AvgIpc) is 3.01. The summed E-state index contributed by atoms with van der Waals surface area (Å²) in [6.45, 7) is 3.38. The minimum atomic E-state index is -0.290. The van der Waals surface area contributed by atoms with E-state index in [0.717, 1.165) is 10.4 Å². The number of nitrogens with zero attached hydrogens (tertiary/aromatic N) is 1. The first kappa shape index (κ1) is 16.2. The van der Waals surface area contributed by atoms with Gasteiger partial charge < -0.3 is 10.6 Å². The number of nitrogens with one attached hydrogen (secondary N) is 2. The minimum absolute atomic E-state index is 0.100. The molecule has 2 heterocycles. The van der Waals surface area contributed by atoms with E-state index in [2.05, 4.69) is 15.6 Å². The average molecular weight is 317 g/mol. The second-order valence-electron chi connectivity index (χ2n) is 5.04.